The van der Waals surface area contributed by atoms with Crippen molar-refractivity contribution in [1.29, 1.82) is 0 Å². The van der Waals surface area contributed by atoms with Gasteiger partial charge in [-0.25, -0.2) is 5.43 Å². The van der Waals surface area contributed by atoms with Gasteiger partial charge in [-0.2, -0.15) is 9.67 Å². The van der Waals surface area contributed by atoms with E-state index < -0.39 is 0 Å². The summed E-state index contributed by atoms with van der Waals surface area (Å²) < 4.78 is 1.79. The number of hydrogen-bond donors (Lipinski definition) is 1. The lowest BCUT2D eigenvalue weighted by Crippen LogP contribution is -3.00. The van der Waals surface area contributed by atoms with Crippen molar-refractivity contribution in [3.8, 4) is 0 Å². The van der Waals surface area contributed by atoms with Crippen LogP contribution in [0.15, 0.2) is 66.0 Å². The van der Waals surface area contributed by atoms with Gasteiger partial charge in [0, 0.05) is 12.1 Å². The topological polar surface area (TPSA) is 45.3 Å². The van der Waals surface area contributed by atoms with Gasteiger partial charge in [0.25, 0.3) is 0 Å². The molecule has 1 N–H and O–H groups in total. The van der Waals surface area contributed by atoms with Gasteiger partial charge in [-0.15, -0.1) is 0 Å². The average molecular weight is 290 g/mol. The summed E-state index contributed by atoms with van der Waals surface area (Å²) in [6.45, 7) is 2.12. The summed E-state index contributed by atoms with van der Waals surface area (Å²) in [5, 5.41) is 4.09. The number of benzene rings is 1. The Morgan fingerprint density at radius 3 is 2.35 bits per heavy atom. The van der Waals surface area contributed by atoms with Crippen LogP contribution in [0.2, 0.25) is 0 Å². The molecule has 4 nitrogen and oxygen atoms in total. The maximum absolute atomic E-state index is 11.7. The van der Waals surface area contributed by atoms with E-state index in [2.05, 4.69) is 10.5 Å². The fourth-order valence-electron chi connectivity index (χ4n) is 1.63. The normalized spacial score (nSPS) is 10.6. The third-order valence-corrected chi connectivity index (χ3v) is 2.64. The molecule has 0 unspecified atom stereocenters. The first kappa shape index (κ1) is 15.9. The SMILES string of the molecule is CC(=NNC(=O)C[n+]1ccccc1)c1ccccc1.[Cl-]. The van der Waals surface area contributed by atoms with Crippen molar-refractivity contribution >= 4 is 11.6 Å². The Bertz CT molecular complexity index is 570. The fourth-order valence-corrected chi connectivity index (χ4v) is 1.63. The van der Waals surface area contributed by atoms with E-state index in [1.165, 1.54) is 0 Å². The van der Waals surface area contributed by atoms with Crippen molar-refractivity contribution in [2.45, 2.75) is 13.5 Å². The standard InChI is InChI=1S/C15H15N3O.ClH/c1-13(14-8-4-2-5-9-14)16-17-15(19)12-18-10-6-3-7-11-18;/h2-11H,12H2,1H3;1H. The summed E-state index contributed by atoms with van der Waals surface area (Å²) in [4.78, 5) is 11.7. The number of amides is 1. The Labute approximate surface area is 124 Å². The molecule has 1 aromatic heterocycles. The molecule has 0 saturated carbocycles. The second-order valence-corrected chi connectivity index (χ2v) is 4.15. The molecule has 0 spiro atoms. The molecule has 1 heterocycles. The molecule has 0 atom stereocenters. The van der Waals surface area contributed by atoms with E-state index in [0.29, 0.717) is 0 Å². The highest BCUT2D eigenvalue weighted by atomic mass is 35.5. The van der Waals surface area contributed by atoms with Gasteiger partial charge in [0.05, 0.1) is 5.71 Å². The van der Waals surface area contributed by atoms with Crippen LogP contribution in [0.5, 0.6) is 0 Å². The van der Waals surface area contributed by atoms with Crippen molar-refractivity contribution in [2.75, 3.05) is 0 Å². The zero-order valence-corrected chi connectivity index (χ0v) is 11.9. The Balaban J connectivity index is 0.00000200. The molecule has 104 valence electrons. The van der Waals surface area contributed by atoms with Crippen LogP contribution < -0.4 is 22.4 Å². The zero-order chi connectivity index (χ0) is 13.5. The van der Waals surface area contributed by atoms with E-state index in [1.807, 2.05) is 67.8 Å². The van der Waals surface area contributed by atoms with Crippen LogP contribution in [0.1, 0.15) is 12.5 Å². The Morgan fingerprint density at radius 1 is 1.10 bits per heavy atom. The number of pyridine rings is 1. The molecule has 0 radical (unpaired) electrons. The van der Waals surface area contributed by atoms with Gasteiger partial charge in [-0.1, -0.05) is 36.4 Å². The smallest absolute Gasteiger partial charge is 0.305 e. The first-order valence-corrected chi connectivity index (χ1v) is 6.08. The van der Waals surface area contributed by atoms with Crippen molar-refractivity contribution in [1.82, 2.24) is 5.43 Å². The number of halogens is 1. The average Bonchev–Trinajstić information content (AvgIpc) is 2.47. The molecule has 20 heavy (non-hydrogen) atoms. The lowest BCUT2D eigenvalue weighted by Gasteiger charge is -2.01. The number of hydrogen-bond acceptors (Lipinski definition) is 2. The summed E-state index contributed by atoms with van der Waals surface area (Å²) in [7, 11) is 0. The van der Waals surface area contributed by atoms with E-state index in [0.717, 1.165) is 11.3 Å². The lowest BCUT2D eigenvalue weighted by molar-refractivity contribution is -0.684. The largest absolute Gasteiger partial charge is 1.00 e. The minimum atomic E-state index is -0.147. The van der Waals surface area contributed by atoms with Gasteiger partial charge in [0.2, 0.25) is 6.54 Å². The number of carbonyl (C=O) groups excluding carboxylic acids is 1. The number of nitrogens with one attached hydrogen (secondary N) is 1. The highest BCUT2D eigenvalue weighted by molar-refractivity contribution is 5.99. The van der Waals surface area contributed by atoms with Crippen molar-refractivity contribution in [3.05, 3.63) is 66.5 Å². The summed E-state index contributed by atoms with van der Waals surface area (Å²) in [5.41, 5.74) is 4.34. The highest BCUT2D eigenvalue weighted by Crippen LogP contribution is 1.99. The number of aromatic nitrogens is 1. The third kappa shape index (κ3) is 4.82. The Kier molecular flexibility index (Phi) is 6.40. The minimum Gasteiger partial charge on any atom is -1.00 e. The predicted octanol–water partition coefficient (Wildman–Crippen LogP) is -1.48. The molecule has 0 aliphatic carbocycles. The van der Waals surface area contributed by atoms with Crippen molar-refractivity contribution in [2.24, 2.45) is 5.10 Å². The molecule has 2 aromatic rings. The van der Waals surface area contributed by atoms with Gasteiger partial charge < -0.3 is 12.4 Å². The highest BCUT2D eigenvalue weighted by Gasteiger charge is 2.07. The van der Waals surface area contributed by atoms with Crippen LogP contribution in [-0.4, -0.2) is 11.6 Å². The van der Waals surface area contributed by atoms with Crippen molar-refractivity contribution < 1.29 is 21.8 Å². The molecule has 0 bridgehead atoms. The molecular formula is C15H16ClN3O. The first-order valence-electron chi connectivity index (χ1n) is 6.08. The van der Waals surface area contributed by atoms with Crippen molar-refractivity contribution in [3.63, 3.8) is 0 Å². The predicted molar refractivity (Wildman–Crippen MR) is 73.4 cm³/mol. The zero-order valence-electron chi connectivity index (χ0n) is 11.2. The van der Waals surface area contributed by atoms with Crippen LogP contribution in [0.25, 0.3) is 0 Å². The second kappa shape index (κ2) is 8.07. The van der Waals surface area contributed by atoms with E-state index in [-0.39, 0.29) is 24.9 Å². The fraction of sp³-hybridized carbons (Fsp3) is 0.133. The summed E-state index contributed by atoms with van der Waals surface area (Å²) >= 11 is 0. The number of carbonyl (C=O) groups is 1. The number of hydrazone groups is 1. The number of nitrogens with zero attached hydrogens (tertiary/aromatic N) is 2. The van der Waals surface area contributed by atoms with Gasteiger partial charge in [-0.3, -0.25) is 4.79 Å². The summed E-state index contributed by atoms with van der Waals surface area (Å²) in [6, 6.07) is 15.4. The minimum absolute atomic E-state index is 0. The first-order chi connectivity index (χ1) is 9.25. The van der Waals surface area contributed by atoms with Gasteiger partial charge >= 0.3 is 5.91 Å². The Hall–Kier alpha value is -2.20. The quantitative estimate of drug-likeness (QED) is 0.416. The maximum atomic E-state index is 11.7. The molecule has 0 aliphatic rings. The lowest BCUT2D eigenvalue weighted by atomic mass is 10.1. The van der Waals surface area contributed by atoms with Crippen LogP contribution in [-0.2, 0) is 11.3 Å². The molecule has 1 aromatic carbocycles. The molecule has 2 rings (SSSR count). The van der Waals surface area contributed by atoms with Crippen LogP contribution in [0.3, 0.4) is 0 Å². The number of rotatable bonds is 4. The monoisotopic (exact) mass is 289 g/mol. The van der Waals surface area contributed by atoms with Gasteiger partial charge in [0.1, 0.15) is 0 Å². The van der Waals surface area contributed by atoms with E-state index in [4.69, 9.17) is 0 Å². The third-order valence-electron chi connectivity index (χ3n) is 2.64. The molecule has 0 aliphatic heterocycles. The van der Waals surface area contributed by atoms with Gasteiger partial charge in [0.15, 0.2) is 12.4 Å². The second-order valence-electron chi connectivity index (χ2n) is 4.15. The van der Waals surface area contributed by atoms with Gasteiger partial charge in [-0.05, 0) is 12.5 Å². The molecular weight excluding hydrogens is 274 g/mol. The summed E-state index contributed by atoms with van der Waals surface area (Å²) in [6.07, 6.45) is 3.68. The Morgan fingerprint density at radius 2 is 1.70 bits per heavy atom. The molecule has 5 heteroatoms. The molecule has 0 saturated heterocycles. The maximum Gasteiger partial charge on any atom is 0.305 e. The van der Waals surface area contributed by atoms with E-state index in [9.17, 15) is 4.79 Å². The van der Waals surface area contributed by atoms with E-state index >= 15 is 0 Å². The molecule has 1 amide bonds. The summed E-state index contributed by atoms with van der Waals surface area (Å²) in [5.74, 6) is -0.147. The van der Waals surface area contributed by atoms with Crippen LogP contribution in [0, 0.1) is 0 Å². The van der Waals surface area contributed by atoms with Crippen LogP contribution in [0.4, 0.5) is 0 Å². The van der Waals surface area contributed by atoms with E-state index in [1.54, 1.807) is 4.57 Å². The molecule has 0 fully saturated rings. The van der Waals surface area contributed by atoms with Crippen LogP contribution >= 0.6 is 0 Å².